The number of aliphatic hydroxyl groups excluding tert-OH is 2. The highest BCUT2D eigenvalue weighted by atomic mass is 35.5. The van der Waals surface area contributed by atoms with E-state index in [1.54, 1.807) is 7.05 Å². The second-order valence-electron chi connectivity index (χ2n) is 7.48. The van der Waals surface area contributed by atoms with Crippen molar-refractivity contribution in [3.8, 4) is 0 Å². The standard InChI is InChI=1S/C21H22ClN3O4S/c1-25(21(29)16(27)10-26)19-14-5-3-2-4-11(14)7-15(19)24-18(28)9-13-6-12-8-17(22)30-20(12)23-13/h2-6,8,15-16,19,23,26-27H,7,9-10H2,1H3,(H,24,28)/t15-,16-,19-/m1/s1. The van der Waals surface area contributed by atoms with Crippen LogP contribution in [0, 0.1) is 0 Å². The number of carbonyl (C=O) groups excluding carboxylic acids is 2. The molecule has 0 radical (unpaired) electrons. The van der Waals surface area contributed by atoms with Crippen molar-refractivity contribution >= 4 is 45.0 Å². The van der Waals surface area contributed by atoms with E-state index in [9.17, 15) is 14.7 Å². The summed E-state index contributed by atoms with van der Waals surface area (Å²) in [5, 5.41) is 23.0. The number of hydrogen-bond acceptors (Lipinski definition) is 5. The van der Waals surface area contributed by atoms with Crippen LogP contribution < -0.4 is 5.32 Å². The second kappa shape index (κ2) is 8.39. The molecule has 0 unspecified atom stereocenters. The predicted molar refractivity (Wildman–Crippen MR) is 116 cm³/mol. The predicted octanol–water partition coefficient (Wildman–Crippen LogP) is 2.02. The van der Waals surface area contributed by atoms with Crippen LogP contribution in [-0.4, -0.2) is 57.7 Å². The highest BCUT2D eigenvalue weighted by molar-refractivity contribution is 7.22. The molecule has 0 spiro atoms. The van der Waals surface area contributed by atoms with Crippen molar-refractivity contribution in [3.63, 3.8) is 0 Å². The molecular formula is C21H22ClN3O4S. The van der Waals surface area contributed by atoms with Crippen molar-refractivity contribution in [3.05, 3.63) is 57.6 Å². The maximum absolute atomic E-state index is 12.8. The third kappa shape index (κ3) is 3.96. The van der Waals surface area contributed by atoms with Gasteiger partial charge in [-0.1, -0.05) is 35.9 Å². The number of nitrogens with zero attached hydrogens (tertiary/aromatic N) is 1. The summed E-state index contributed by atoms with van der Waals surface area (Å²) >= 11 is 7.42. The van der Waals surface area contributed by atoms with E-state index in [0.29, 0.717) is 10.8 Å². The van der Waals surface area contributed by atoms with Gasteiger partial charge >= 0.3 is 0 Å². The first-order chi connectivity index (χ1) is 14.4. The number of hydrogen-bond donors (Lipinski definition) is 4. The lowest BCUT2D eigenvalue weighted by Crippen LogP contribution is -2.48. The van der Waals surface area contributed by atoms with Crippen molar-refractivity contribution in [2.45, 2.75) is 31.0 Å². The SMILES string of the molecule is CN(C(=O)[C@H](O)CO)[C@@H]1c2ccccc2C[C@H]1NC(=O)Cc1cc2cc(Cl)sc2[nH]1. The zero-order valence-electron chi connectivity index (χ0n) is 16.3. The van der Waals surface area contributed by atoms with Gasteiger partial charge in [0, 0.05) is 18.1 Å². The first-order valence-electron chi connectivity index (χ1n) is 9.57. The Morgan fingerprint density at radius 2 is 2.13 bits per heavy atom. The molecule has 30 heavy (non-hydrogen) atoms. The third-order valence-electron chi connectivity index (χ3n) is 5.45. The van der Waals surface area contributed by atoms with Crippen molar-refractivity contribution in [1.29, 1.82) is 0 Å². The number of halogens is 1. The number of nitrogens with one attached hydrogen (secondary N) is 2. The minimum atomic E-state index is -1.49. The molecule has 1 aliphatic rings. The number of aromatic amines is 1. The molecule has 0 saturated heterocycles. The summed E-state index contributed by atoms with van der Waals surface area (Å²) in [4.78, 5) is 30.8. The smallest absolute Gasteiger partial charge is 0.254 e. The Kier molecular flexibility index (Phi) is 5.84. The quantitative estimate of drug-likeness (QED) is 0.464. The van der Waals surface area contributed by atoms with Crippen LogP contribution in [0.2, 0.25) is 4.34 Å². The summed E-state index contributed by atoms with van der Waals surface area (Å²) in [6, 6.07) is 10.7. The lowest BCUT2D eigenvalue weighted by atomic mass is 10.0. The number of H-pyrrole nitrogens is 1. The topological polar surface area (TPSA) is 106 Å². The molecule has 158 valence electrons. The minimum absolute atomic E-state index is 0.165. The average molecular weight is 448 g/mol. The van der Waals surface area contributed by atoms with Crippen LogP contribution in [0.4, 0.5) is 0 Å². The molecule has 2 heterocycles. The van der Waals surface area contributed by atoms with Gasteiger partial charge in [-0.2, -0.15) is 0 Å². The number of benzene rings is 1. The summed E-state index contributed by atoms with van der Waals surface area (Å²) in [5.41, 5.74) is 2.76. The summed E-state index contributed by atoms with van der Waals surface area (Å²) in [6.07, 6.45) is -0.734. The molecule has 0 saturated carbocycles. The lowest BCUT2D eigenvalue weighted by molar-refractivity contribution is -0.144. The van der Waals surface area contributed by atoms with Gasteiger partial charge in [-0.25, -0.2) is 0 Å². The summed E-state index contributed by atoms with van der Waals surface area (Å²) in [6.45, 7) is -0.650. The number of thiophene rings is 1. The molecule has 2 amide bonds. The van der Waals surface area contributed by atoms with Gasteiger partial charge in [-0.15, -0.1) is 11.3 Å². The van der Waals surface area contributed by atoms with E-state index in [2.05, 4.69) is 10.3 Å². The van der Waals surface area contributed by atoms with E-state index in [1.807, 2.05) is 36.4 Å². The van der Waals surface area contributed by atoms with E-state index >= 15 is 0 Å². The zero-order valence-corrected chi connectivity index (χ0v) is 17.8. The Morgan fingerprint density at radius 1 is 1.37 bits per heavy atom. The van der Waals surface area contributed by atoms with Crippen molar-refractivity contribution in [2.75, 3.05) is 13.7 Å². The number of aliphatic hydroxyl groups is 2. The summed E-state index contributed by atoms with van der Waals surface area (Å²) < 4.78 is 0.691. The highest BCUT2D eigenvalue weighted by Gasteiger charge is 2.39. The van der Waals surface area contributed by atoms with E-state index in [1.165, 1.54) is 16.2 Å². The Labute approximate surface area is 182 Å². The van der Waals surface area contributed by atoms with Gasteiger partial charge in [-0.05, 0) is 29.7 Å². The number of fused-ring (bicyclic) bond motifs is 2. The molecule has 0 fully saturated rings. The fourth-order valence-electron chi connectivity index (χ4n) is 4.11. The minimum Gasteiger partial charge on any atom is -0.393 e. The molecule has 1 aliphatic carbocycles. The van der Waals surface area contributed by atoms with Crippen molar-refractivity contribution < 1.29 is 19.8 Å². The van der Waals surface area contributed by atoms with Crippen molar-refractivity contribution in [1.82, 2.24) is 15.2 Å². The van der Waals surface area contributed by atoms with E-state index in [4.69, 9.17) is 16.7 Å². The van der Waals surface area contributed by atoms with Crippen LogP contribution in [0.1, 0.15) is 22.9 Å². The lowest BCUT2D eigenvalue weighted by Gasteiger charge is -2.32. The van der Waals surface area contributed by atoms with Crippen LogP contribution in [0.25, 0.3) is 10.2 Å². The normalized spacial score (nSPS) is 18.9. The monoisotopic (exact) mass is 447 g/mol. The molecule has 3 aromatic rings. The molecule has 3 atom stereocenters. The Hall–Kier alpha value is -2.39. The molecule has 0 bridgehead atoms. The number of carbonyl (C=O) groups is 2. The Bertz CT molecular complexity index is 1060. The molecular weight excluding hydrogens is 426 g/mol. The van der Waals surface area contributed by atoms with Gasteiger partial charge in [0.15, 0.2) is 6.10 Å². The van der Waals surface area contributed by atoms with Crippen LogP contribution in [-0.2, 0) is 22.4 Å². The highest BCUT2D eigenvalue weighted by Crippen LogP contribution is 2.36. The van der Waals surface area contributed by atoms with Crippen LogP contribution in [0.3, 0.4) is 0 Å². The molecule has 4 N–H and O–H groups in total. The van der Waals surface area contributed by atoms with E-state index in [0.717, 1.165) is 27.0 Å². The van der Waals surface area contributed by atoms with Crippen molar-refractivity contribution in [2.24, 2.45) is 0 Å². The van der Waals surface area contributed by atoms with Gasteiger partial charge in [0.1, 0.15) is 4.83 Å². The number of aromatic nitrogens is 1. The van der Waals surface area contributed by atoms with Gasteiger partial charge in [-0.3, -0.25) is 9.59 Å². The zero-order chi connectivity index (χ0) is 21.4. The van der Waals surface area contributed by atoms with Crippen LogP contribution in [0.15, 0.2) is 36.4 Å². The van der Waals surface area contributed by atoms with E-state index < -0.39 is 24.7 Å². The van der Waals surface area contributed by atoms with Gasteiger partial charge in [0.2, 0.25) is 5.91 Å². The largest absolute Gasteiger partial charge is 0.393 e. The molecule has 7 nitrogen and oxygen atoms in total. The number of rotatable bonds is 6. The van der Waals surface area contributed by atoms with Crippen LogP contribution >= 0.6 is 22.9 Å². The van der Waals surface area contributed by atoms with Gasteiger partial charge in [0.05, 0.1) is 29.4 Å². The molecule has 1 aromatic carbocycles. The maximum Gasteiger partial charge on any atom is 0.254 e. The second-order valence-corrected chi connectivity index (χ2v) is 9.16. The molecule has 0 aliphatic heterocycles. The molecule has 4 rings (SSSR count). The summed E-state index contributed by atoms with van der Waals surface area (Å²) in [7, 11) is 1.58. The third-order valence-corrected chi connectivity index (χ3v) is 6.64. The molecule has 9 heteroatoms. The first-order valence-corrected chi connectivity index (χ1v) is 10.8. The number of amides is 2. The fraction of sp³-hybridized carbons (Fsp3) is 0.333. The van der Waals surface area contributed by atoms with E-state index in [-0.39, 0.29) is 18.4 Å². The first kappa shape index (κ1) is 20.9. The van der Waals surface area contributed by atoms with Gasteiger partial charge in [0.25, 0.3) is 5.91 Å². The number of likely N-dealkylation sites (N-methyl/N-ethyl adjacent to an activating group) is 1. The maximum atomic E-state index is 12.8. The summed E-state index contributed by atoms with van der Waals surface area (Å²) in [5.74, 6) is -0.749. The average Bonchev–Trinajstić information content (AvgIpc) is 3.36. The van der Waals surface area contributed by atoms with Crippen LogP contribution in [0.5, 0.6) is 0 Å². The Morgan fingerprint density at radius 3 is 2.87 bits per heavy atom. The Balaban J connectivity index is 1.51. The molecule has 2 aromatic heterocycles. The van der Waals surface area contributed by atoms with Gasteiger partial charge < -0.3 is 25.4 Å². The fourth-order valence-corrected chi connectivity index (χ4v) is 5.25.